The van der Waals surface area contributed by atoms with Crippen LogP contribution >= 0.6 is 0 Å². The lowest BCUT2D eigenvalue weighted by molar-refractivity contribution is 0.569. The molecular formula is C17H21NO2S. The van der Waals surface area contributed by atoms with Crippen molar-refractivity contribution >= 4 is 9.84 Å². The molecule has 1 aromatic heterocycles. The lowest BCUT2D eigenvalue weighted by atomic mass is 9.91. The van der Waals surface area contributed by atoms with Gasteiger partial charge in [-0.2, -0.15) is 0 Å². The highest BCUT2D eigenvalue weighted by Gasteiger charge is 2.17. The molecule has 0 amide bonds. The molecule has 1 aromatic carbocycles. The van der Waals surface area contributed by atoms with Gasteiger partial charge in [0.2, 0.25) is 0 Å². The minimum absolute atomic E-state index is 0.0433. The Morgan fingerprint density at radius 3 is 2.29 bits per heavy atom. The first kappa shape index (κ1) is 15.7. The highest BCUT2D eigenvalue weighted by molar-refractivity contribution is 7.90. The van der Waals surface area contributed by atoms with E-state index in [1.807, 2.05) is 31.2 Å². The summed E-state index contributed by atoms with van der Waals surface area (Å²) in [4.78, 5) is 5.03. The molecule has 0 N–H and O–H groups in total. The molecule has 112 valence electrons. The van der Waals surface area contributed by atoms with E-state index in [-0.39, 0.29) is 5.41 Å². The van der Waals surface area contributed by atoms with Crippen LogP contribution in [-0.4, -0.2) is 19.7 Å². The molecule has 0 aliphatic rings. The van der Waals surface area contributed by atoms with Crippen LogP contribution in [0.25, 0.3) is 11.3 Å². The number of aryl methyl sites for hydroxylation is 1. The smallest absolute Gasteiger partial charge is 0.175 e. The minimum atomic E-state index is -3.22. The maximum Gasteiger partial charge on any atom is 0.175 e. The third-order valence-corrected chi connectivity index (χ3v) is 4.54. The van der Waals surface area contributed by atoms with Crippen molar-refractivity contribution in [2.24, 2.45) is 0 Å². The van der Waals surface area contributed by atoms with E-state index in [2.05, 4.69) is 20.8 Å². The number of hydrogen-bond acceptors (Lipinski definition) is 3. The molecule has 0 spiro atoms. The second-order valence-corrected chi connectivity index (χ2v) is 8.42. The van der Waals surface area contributed by atoms with Crippen LogP contribution < -0.4 is 0 Å². The molecule has 0 aliphatic carbocycles. The van der Waals surface area contributed by atoms with Gasteiger partial charge in [0.25, 0.3) is 0 Å². The molecule has 0 aliphatic heterocycles. The Labute approximate surface area is 127 Å². The zero-order valence-corrected chi connectivity index (χ0v) is 14.0. The molecule has 0 atom stereocenters. The molecule has 0 saturated carbocycles. The molecule has 21 heavy (non-hydrogen) atoms. The summed E-state index contributed by atoms with van der Waals surface area (Å²) in [7, 11) is -3.22. The van der Waals surface area contributed by atoms with Gasteiger partial charge in [-0.25, -0.2) is 8.42 Å². The fourth-order valence-corrected chi connectivity index (χ4v) is 2.76. The fraction of sp³-hybridized carbons (Fsp3) is 0.353. The SMILES string of the molecule is Cc1ccc(S(C)(=O)=O)cc1-c1cccc(C(C)(C)C)n1. The van der Waals surface area contributed by atoms with Gasteiger partial charge in [-0.1, -0.05) is 32.9 Å². The number of hydrogen-bond donors (Lipinski definition) is 0. The van der Waals surface area contributed by atoms with Crippen molar-refractivity contribution in [3.8, 4) is 11.3 Å². The standard InChI is InChI=1S/C17H21NO2S/c1-12-9-10-13(21(5,19)20)11-14(12)15-7-6-8-16(18-15)17(2,3)4/h6-11H,1-5H3. The normalized spacial score (nSPS) is 12.4. The zero-order valence-electron chi connectivity index (χ0n) is 13.1. The molecule has 1 heterocycles. The molecule has 0 bridgehead atoms. The van der Waals surface area contributed by atoms with Crippen LogP contribution in [0.4, 0.5) is 0 Å². The molecule has 0 unspecified atom stereocenters. The first-order valence-corrected chi connectivity index (χ1v) is 8.77. The summed E-state index contributed by atoms with van der Waals surface area (Å²) < 4.78 is 23.5. The first-order valence-electron chi connectivity index (χ1n) is 6.87. The zero-order chi connectivity index (χ0) is 15.8. The second kappa shape index (κ2) is 5.26. The van der Waals surface area contributed by atoms with Crippen molar-refractivity contribution < 1.29 is 8.42 Å². The van der Waals surface area contributed by atoms with Crippen LogP contribution in [0.3, 0.4) is 0 Å². The molecule has 0 radical (unpaired) electrons. The van der Waals surface area contributed by atoms with Crippen molar-refractivity contribution in [3.63, 3.8) is 0 Å². The van der Waals surface area contributed by atoms with Crippen molar-refractivity contribution in [1.29, 1.82) is 0 Å². The van der Waals surface area contributed by atoms with Gasteiger partial charge in [-0.15, -0.1) is 0 Å². The highest BCUT2D eigenvalue weighted by atomic mass is 32.2. The summed E-state index contributed by atoms with van der Waals surface area (Å²) in [5.74, 6) is 0. The van der Waals surface area contributed by atoms with Crippen LogP contribution in [0.5, 0.6) is 0 Å². The van der Waals surface area contributed by atoms with E-state index in [4.69, 9.17) is 4.98 Å². The number of pyridine rings is 1. The first-order chi connectivity index (χ1) is 9.59. The second-order valence-electron chi connectivity index (χ2n) is 6.41. The average Bonchev–Trinajstić information content (AvgIpc) is 2.37. The maximum absolute atomic E-state index is 11.7. The molecular weight excluding hydrogens is 282 g/mol. The monoisotopic (exact) mass is 303 g/mol. The molecule has 2 aromatic rings. The summed E-state index contributed by atoms with van der Waals surface area (Å²) in [5, 5.41) is 0. The maximum atomic E-state index is 11.7. The summed E-state index contributed by atoms with van der Waals surface area (Å²) in [5.41, 5.74) is 3.64. The molecule has 4 heteroatoms. The molecule has 3 nitrogen and oxygen atoms in total. The van der Waals surface area contributed by atoms with E-state index >= 15 is 0 Å². The Morgan fingerprint density at radius 1 is 1.05 bits per heavy atom. The average molecular weight is 303 g/mol. The van der Waals surface area contributed by atoms with Gasteiger partial charge in [0.05, 0.1) is 10.6 Å². The Bertz CT molecular complexity index is 772. The van der Waals surface area contributed by atoms with E-state index in [1.54, 1.807) is 12.1 Å². The van der Waals surface area contributed by atoms with Crippen molar-refractivity contribution in [3.05, 3.63) is 47.7 Å². The number of rotatable bonds is 2. The largest absolute Gasteiger partial charge is 0.252 e. The number of aromatic nitrogens is 1. The van der Waals surface area contributed by atoms with E-state index in [9.17, 15) is 8.42 Å². The lowest BCUT2D eigenvalue weighted by Gasteiger charge is -2.19. The van der Waals surface area contributed by atoms with Gasteiger partial charge >= 0.3 is 0 Å². The predicted octanol–water partition coefficient (Wildman–Crippen LogP) is 3.76. The van der Waals surface area contributed by atoms with Gasteiger partial charge in [-0.05, 0) is 36.8 Å². The Morgan fingerprint density at radius 2 is 1.71 bits per heavy atom. The summed E-state index contributed by atoms with van der Waals surface area (Å²) in [6, 6.07) is 11.1. The van der Waals surface area contributed by atoms with Crippen LogP contribution in [0.2, 0.25) is 0 Å². The van der Waals surface area contributed by atoms with Gasteiger partial charge < -0.3 is 0 Å². The van der Waals surface area contributed by atoms with Gasteiger partial charge in [-0.3, -0.25) is 4.98 Å². The number of nitrogens with zero attached hydrogens (tertiary/aromatic N) is 1. The summed E-state index contributed by atoms with van der Waals surface area (Å²) in [6.45, 7) is 8.30. The highest BCUT2D eigenvalue weighted by Crippen LogP contribution is 2.28. The molecule has 0 saturated heterocycles. The van der Waals surface area contributed by atoms with Crippen LogP contribution in [0.1, 0.15) is 32.0 Å². The third-order valence-electron chi connectivity index (χ3n) is 3.43. The Hall–Kier alpha value is -1.68. The van der Waals surface area contributed by atoms with Gasteiger partial charge in [0, 0.05) is 22.9 Å². The van der Waals surface area contributed by atoms with Gasteiger partial charge in [0.1, 0.15) is 0 Å². The van der Waals surface area contributed by atoms with Gasteiger partial charge in [0.15, 0.2) is 9.84 Å². The number of benzene rings is 1. The van der Waals surface area contributed by atoms with E-state index in [0.717, 1.165) is 22.5 Å². The minimum Gasteiger partial charge on any atom is -0.252 e. The topological polar surface area (TPSA) is 47.0 Å². The van der Waals surface area contributed by atoms with Crippen molar-refractivity contribution in [1.82, 2.24) is 4.98 Å². The third kappa shape index (κ3) is 3.50. The predicted molar refractivity (Wildman–Crippen MR) is 86.2 cm³/mol. The van der Waals surface area contributed by atoms with Crippen LogP contribution in [0.15, 0.2) is 41.3 Å². The van der Waals surface area contributed by atoms with Crippen molar-refractivity contribution in [2.75, 3.05) is 6.26 Å². The van der Waals surface area contributed by atoms with Crippen LogP contribution in [0, 0.1) is 6.92 Å². The fourth-order valence-electron chi connectivity index (χ4n) is 2.11. The summed E-state index contributed by atoms with van der Waals surface area (Å²) in [6.07, 6.45) is 1.22. The van der Waals surface area contributed by atoms with E-state index in [0.29, 0.717) is 4.90 Å². The Kier molecular flexibility index (Phi) is 3.93. The van der Waals surface area contributed by atoms with Crippen molar-refractivity contribution in [2.45, 2.75) is 38.0 Å². The number of sulfone groups is 1. The van der Waals surface area contributed by atoms with E-state index < -0.39 is 9.84 Å². The van der Waals surface area contributed by atoms with Crippen LogP contribution in [-0.2, 0) is 15.3 Å². The molecule has 2 rings (SSSR count). The van der Waals surface area contributed by atoms with E-state index in [1.165, 1.54) is 6.26 Å². The Balaban J connectivity index is 2.62. The molecule has 0 fully saturated rings. The summed E-state index contributed by atoms with van der Waals surface area (Å²) >= 11 is 0. The lowest BCUT2D eigenvalue weighted by Crippen LogP contribution is -2.13. The quantitative estimate of drug-likeness (QED) is 0.848.